The number of morpholine rings is 1. The molecule has 35 heavy (non-hydrogen) atoms. The van der Waals surface area contributed by atoms with Crippen molar-refractivity contribution in [3.8, 4) is 5.88 Å². The fourth-order valence-electron chi connectivity index (χ4n) is 3.32. The predicted molar refractivity (Wildman–Crippen MR) is 139 cm³/mol. The lowest BCUT2D eigenvalue weighted by atomic mass is 10.1. The number of carbonyl (C=O) groups is 2. The zero-order valence-electron chi connectivity index (χ0n) is 22.7. The van der Waals surface area contributed by atoms with Gasteiger partial charge in [-0.15, -0.1) is 4.37 Å². The Kier molecular flexibility index (Phi) is 10.1. The highest BCUT2D eigenvalue weighted by molar-refractivity contribution is 6.99. The van der Waals surface area contributed by atoms with Crippen molar-refractivity contribution in [2.24, 2.45) is 0 Å². The second-order valence-electron chi connectivity index (χ2n) is 11.3. The number of rotatable bonds is 10. The quantitative estimate of drug-likeness (QED) is 0.333. The first kappa shape index (κ1) is 29.5. The summed E-state index contributed by atoms with van der Waals surface area (Å²) in [5.74, 6) is 0.412. The normalized spacial score (nSPS) is 16.1. The van der Waals surface area contributed by atoms with Gasteiger partial charge in [0, 0.05) is 32.1 Å². The van der Waals surface area contributed by atoms with E-state index in [-0.39, 0.29) is 24.2 Å². The van der Waals surface area contributed by atoms with E-state index in [1.54, 1.807) is 4.90 Å². The Morgan fingerprint density at radius 1 is 1.14 bits per heavy atom. The van der Waals surface area contributed by atoms with Crippen molar-refractivity contribution in [1.82, 2.24) is 13.6 Å². The van der Waals surface area contributed by atoms with Crippen LogP contribution < -0.4 is 9.64 Å². The molecule has 10 nitrogen and oxygen atoms in total. The van der Waals surface area contributed by atoms with Crippen LogP contribution in [0.15, 0.2) is 0 Å². The Hall–Kier alpha value is -1.76. The summed E-state index contributed by atoms with van der Waals surface area (Å²) < 4.78 is 32.1. The van der Waals surface area contributed by atoms with Gasteiger partial charge in [-0.3, -0.25) is 9.59 Å². The van der Waals surface area contributed by atoms with E-state index in [2.05, 4.69) is 47.5 Å². The first-order valence-corrected chi connectivity index (χ1v) is 15.7. The van der Waals surface area contributed by atoms with Crippen LogP contribution in [0.2, 0.25) is 18.1 Å². The molecule has 200 valence electrons. The summed E-state index contributed by atoms with van der Waals surface area (Å²) in [4.78, 5) is 28.1. The van der Waals surface area contributed by atoms with Gasteiger partial charge in [0.05, 0.1) is 31.0 Å². The Labute approximate surface area is 214 Å². The molecule has 1 aliphatic heterocycles. The molecule has 1 aromatic rings. The summed E-state index contributed by atoms with van der Waals surface area (Å²) in [5, 5.41) is -0.0271. The van der Waals surface area contributed by atoms with Crippen molar-refractivity contribution in [2.45, 2.75) is 78.2 Å². The minimum Gasteiger partial charge on any atom is -0.472 e. The van der Waals surface area contributed by atoms with Crippen LogP contribution in [0, 0.1) is 0 Å². The van der Waals surface area contributed by atoms with Gasteiger partial charge in [-0.1, -0.05) is 20.8 Å². The fourth-order valence-corrected chi connectivity index (χ4v) is 5.17. The highest BCUT2D eigenvalue weighted by Crippen LogP contribution is 2.38. The highest BCUT2D eigenvalue weighted by Gasteiger charge is 2.41. The van der Waals surface area contributed by atoms with Gasteiger partial charge in [-0.05, 0) is 38.9 Å². The van der Waals surface area contributed by atoms with E-state index < -0.39 is 25.9 Å². The summed E-state index contributed by atoms with van der Waals surface area (Å²) in [6, 6.07) is 0. The molecule has 12 heteroatoms. The fraction of sp³-hybridized carbons (Fsp3) is 0.826. The molecule has 0 radical (unpaired) electrons. The number of hydrogen-bond acceptors (Lipinski definition) is 10. The lowest BCUT2D eigenvalue weighted by Gasteiger charge is -2.43. The third kappa shape index (κ3) is 8.69. The molecule has 1 amide bonds. The van der Waals surface area contributed by atoms with Crippen LogP contribution >= 0.6 is 11.7 Å². The highest BCUT2D eigenvalue weighted by atomic mass is 32.1. The molecule has 0 spiro atoms. The summed E-state index contributed by atoms with van der Waals surface area (Å²) in [5.41, 5.74) is -0.507. The molecule has 2 rings (SSSR count). The summed E-state index contributed by atoms with van der Waals surface area (Å²) in [6.07, 6.45) is -0.407. The molecule has 1 saturated heterocycles. The van der Waals surface area contributed by atoms with Crippen molar-refractivity contribution in [3.05, 3.63) is 0 Å². The topological polar surface area (TPSA) is 103 Å². The van der Waals surface area contributed by atoms with Gasteiger partial charge >= 0.3 is 5.97 Å². The number of aromatic nitrogens is 2. The maximum absolute atomic E-state index is 13.0. The number of hydrogen-bond donors (Lipinski definition) is 0. The lowest BCUT2D eigenvalue weighted by Crippen LogP contribution is -2.55. The van der Waals surface area contributed by atoms with Crippen LogP contribution in [-0.2, 0) is 23.5 Å². The van der Waals surface area contributed by atoms with E-state index in [9.17, 15) is 9.59 Å². The van der Waals surface area contributed by atoms with Crippen LogP contribution in [-0.4, -0.2) is 91.5 Å². The third-order valence-electron chi connectivity index (χ3n) is 6.32. The van der Waals surface area contributed by atoms with Crippen molar-refractivity contribution in [1.29, 1.82) is 0 Å². The van der Waals surface area contributed by atoms with E-state index in [1.165, 1.54) is 6.92 Å². The molecule has 0 saturated carbocycles. The summed E-state index contributed by atoms with van der Waals surface area (Å²) >= 11 is 1.11. The monoisotopic (exact) mass is 530 g/mol. The van der Waals surface area contributed by atoms with Gasteiger partial charge in [0.15, 0.2) is 14.9 Å². The Morgan fingerprint density at radius 2 is 1.77 bits per heavy atom. The molecule has 0 unspecified atom stereocenters. The predicted octanol–water partition coefficient (Wildman–Crippen LogP) is 3.33. The maximum Gasteiger partial charge on any atom is 0.303 e. The number of amides is 1. The zero-order valence-corrected chi connectivity index (χ0v) is 24.5. The van der Waals surface area contributed by atoms with E-state index in [4.69, 9.17) is 18.6 Å². The van der Waals surface area contributed by atoms with Gasteiger partial charge in [0.25, 0.3) is 11.8 Å². The van der Waals surface area contributed by atoms with E-state index in [0.29, 0.717) is 31.5 Å². The third-order valence-corrected chi connectivity index (χ3v) is 11.4. The number of ether oxygens (including phenoxy) is 3. The van der Waals surface area contributed by atoms with Crippen LogP contribution in [0.1, 0.15) is 48.5 Å². The maximum atomic E-state index is 13.0. The van der Waals surface area contributed by atoms with Crippen LogP contribution in [0.3, 0.4) is 0 Å². The largest absolute Gasteiger partial charge is 0.472 e. The second-order valence-corrected chi connectivity index (χ2v) is 16.5. The first-order valence-electron chi connectivity index (χ1n) is 12.0. The average Bonchev–Trinajstić information content (AvgIpc) is 3.21. The number of nitrogens with zero attached hydrogens (tertiary/aromatic N) is 4. The smallest absolute Gasteiger partial charge is 0.303 e. The lowest BCUT2D eigenvalue weighted by molar-refractivity contribution is -0.153. The molecule has 1 atom stereocenters. The zero-order chi connectivity index (χ0) is 26.4. The minimum absolute atomic E-state index is 0.0271. The van der Waals surface area contributed by atoms with Gasteiger partial charge in [-0.2, -0.15) is 4.37 Å². The molecule has 0 N–H and O–H groups in total. The molecule has 1 fully saturated rings. The van der Waals surface area contributed by atoms with Crippen LogP contribution in [0.4, 0.5) is 5.82 Å². The summed E-state index contributed by atoms with van der Waals surface area (Å²) in [6.45, 7) is 20.9. The average molecular weight is 531 g/mol. The van der Waals surface area contributed by atoms with Crippen molar-refractivity contribution in [2.75, 3.05) is 51.0 Å². The second kappa shape index (κ2) is 12.0. The molecule has 0 aliphatic carbocycles. The number of carbonyl (C=O) groups excluding carboxylic acids is 2. The number of esters is 1. The van der Waals surface area contributed by atoms with Crippen LogP contribution in [0.5, 0.6) is 5.88 Å². The van der Waals surface area contributed by atoms with E-state index >= 15 is 0 Å². The molecular formula is C23H42N4O6SSi. The minimum atomic E-state index is -2.20. The van der Waals surface area contributed by atoms with Crippen molar-refractivity contribution >= 4 is 37.7 Å². The Balaban J connectivity index is 2.23. The van der Waals surface area contributed by atoms with Gasteiger partial charge in [0.1, 0.15) is 6.61 Å². The molecule has 1 aromatic heterocycles. The summed E-state index contributed by atoms with van der Waals surface area (Å²) in [7, 11) is -2.20. The van der Waals surface area contributed by atoms with Crippen molar-refractivity contribution < 1.29 is 28.2 Å². The SMILES string of the molecule is CC(=O)OCC(=O)N(C[C@@H](COc1nsnc1N1CCOCC1)O[Si](C)(C)C(C)(C)C)C(C)(C)C. The molecule has 1 aliphatic rings. The molecular weight excluding hydrogens is 488 g/mol. The first-order chi connectivity index (χ1) is 16.1. The van der Waals surface area contributed by atoms with Gasteiger partial charge in [-0.25, -0.2) is 0 Å². The molecule has 0 bridgehead atoms. The van der Waals surface area contributed by atoms with Gasteiger partial charge < -0.3 is 28.4 Å². The Morgan fingerprint density at radius 3 is 2.31 bits per heavy atom. The van der Waals surface area contributed by atoms with Crippen molar-refractivity contribution in [3.63, 3.8) is 0 Å². The van der Waals surface area contributed by atoms with E-state index in [0.717, 1.165) is 24.8 Å². The standard InChI is InChI=1S/C23H42N4O6SSi/c1-17(28)31-16-19(29)27(22(2,3)4)14-18(33-35(8,9)23(5,6)7)15-32-21-20(24-34-25-21)26-10-12-30-13-11-26/h18H,10-16H2,1-9H3/t18-/m0/s1. The number of anilines is 1. The molecule has 2 heterocycles. The molecule has 0 aromatic carbocycles. The van der Waals surface area contributed by atoms with E-state index in [1.807, 2.05) is 20.8 Å². The van der Waals surface area contributed by atoms with Crippen LogP contribution in [0.25, 0.3) is 0 Å². The Bertz CT molecular complexity index is 846. The van der Waals surface area contributed by atoms with Gasteiger partial charge in [0.2, 0.25) is 5.82 Å².